The second-order valence-corrected chi connectivity index (χ2v) is 11.3. The number of rotatable bonds is 13. The molecule has 1 aromatic heterocycles. The van der Waals surface area contributed by atoms with E-state index in [1.165, 1.54) is 31.6 Å². The second-order valence-electron chi connectivity index (χ2n) is 10.9. The summed E-state index contributed by atoms with van der Waals surface area (Å²) in [4.78, 5) is 49.0. The standard InChI is InChI=1S/C31H38ClFN6O4/c1-19(40)9-5-4-6-10-24(37-31(42)27-11-7-8-14-39(27)2)30(41)38-26-16-21-25(17-28(26)43-3)34-18-35-29(21)36-20-12-13-23(33)22(32)15-20/h12-13,15-18,24,27H,4-11,14H2,1-3H3,(H,37,42)(H,38,41)(H,34,35,36)/t24-,27?/m0/s1. The van der Waals surface area contributed by atoms with Gasteiger partial charge >= 0.3 is 0 Å². The third kappa shape index (κ3) is 8.61. The number of amides is 2. The lowest BCUT2D eigenvalue weighted by atomic mass is 10.0. The number of methoxy groups -OCH3 is 1. The van der Waals surface area contributed by atoms with E-state index in [-0.39, 0.29) is 28.7 Å². The zero-order chi connectivity index (χ0) is 30.9. The summed E-state index contributed by atoms with van der Waals surface area (Å²) in [5.41, 5.74) is 1.45. The second kappa shape index (κ2) is 15.1. The van der Waals surface area contributed by atoms with Gasteiger partial charge in [0.05, 0.1) is 29.4 Å². The van der Waals surface area contributed by atoms with Gasteiger partial charge in [0.1, 0.15) is 35.5 Å². The number of halogens is 2. The molecule has 0 bridgehead atoms. The fourth-order valence-corrected chi connectivity index (χ4v) is 5.40. The molecule has 43 heavy (non-hydrogen) atoms. The van der Waals surface area contributed by atoms with Gasteiger partial charge in [-0.05, 0) is 70.5 Å². The third-order valence-corrected chi connectivity index (χ3v) is 7.91. The van der Waals surface area contributed by atoms with Crippen LogP contribution in [0.2, 0.25) is 5.02 Å². The number of nitrogens with zero attached hydrogens (tertiary/aromatic N) is 3. The number of carbonyl (C=O) groups excluding carboxylic acids is 3. The number of ether oxygens (including phenoxy) is 1. The van der Waals surface area contributed by atoms with Crippen molar-refractivity contribution in [3.63, 3.8) is 0 Å². The first kappa shape index (κ1) is 32.1. The lowest BCUT2D eigenvalue weighted by molar-refractivity contribution is -0.131. The Morgan fingerprint density at radius 3 is 2.67 bits per heavy atom. The Hall–Kier alpha value is -3.83. The minimum atomic E-state index is -0.786. The van der Waals surface area contributed by atoms with Gasteiger partial charge in [-0.2, -0.15) is 0 Å². The maximum absolute atomic E-state index is 13.7. The summed E-state index contributed by atoms with van der Waals surface area (Å²) in [6, 6.07) is 6.54. The first-order valence-corrected chi connectivity index (χ1v) is 14.9. The Bertz CT molecular complexity index is 1470. The Balaban J connectivity index is 1.57. The lowest BCUT2D eigenvalue weighted by Crippen LogP contribution is -2.53. The number of benzene rings is 2. The van der Waals surface area contributed by atoms with Gasteiger partial charge in [0, 0.05) is 23.6 Å². The number of likely N-dealkylation sites (tertiary alicyclic amines) is 1. The van der Waals surface area contributed by atoms with Gasteiger partial charge in [-0.25, -0.2) is 14.4 Å². The number of hydrogen-bond donors (Lipinski definition) is 3. The lowest BCUT2D eigenvalue weighted by Gasteiger charge is -2.32. The average molecular weight is 613 g/mol. The summed E-state index contributed by atoms with van der Waals surface area (Å²) in [7, 11) is 3.42. The van der Waals surface area contributed by atoms with E-state index in [1.807, 2.05) is 11.9 Å². The highest BCUT2D eigenvalue weighted by molar-refractivity contribution is 6.31. The molecule has 3 N–H and O–H groups in total. The van der Waals surface area contributed by atoms with Gasteiger partial charge in [-0.1, -0.05) is 30.9 Å². The molecule has 1 aliphatic heterocycles. The predicted molar refractivity (Wildman–Crippen MR) is 165 cm³/mol. The smallest absolute Gasteiger partial charge is 0.247 e. The van der Waals surface area contributed by atoms with Crippen molar-refractivity contribution in [2.45, 2.75) is 70.4 Å². The average Bonchev–Trinajstić information content (AvgIpc) is 2.98. The molecular formula is C31H38ClFN6O4. The molecule has 2 heterocycles. The maximum Gasteiger partial charge on any atom is 0.247 e. The number of ketones is 1. The topological polar surface area (TPSA) is 126 Å². The van der Waals surface area contributed by atoms with Crippen molar-refractivity contribution in [1.82, 2.24) is 20.2 Å². The molecule has 1 fully saturated rings. The SMILES string of the molecule is COc1cc2ncnc(Nc3ccc(F)c(Cl)c3)c2cc1NC(=O)[C@H](CCCCCC(C)=O)NC(=O)C1CCCCN1C. The highest BCUT2D eigenvalue weighted by Gasteiger charge is 2.30. The predicted octanol–water partition coefficient (Wildman–Crippen LogP) is 5.62. The van der Waals surface area contributed by atoms with Gasteiger partial charge in [-0.15, -0.1) is 0 Å². The first-order valence-electron chi connectivity index (χ1n) is 14.5. The van der Waals surface area contributed by atoms with E-state index in [0.29, 0.717) is 53.1 Å². The third-order valence-electron chi connectivity index (χ3n) is 7.62. The largest absolute Gasteiger partial charge is 0.494 e. The minimum Gasteiger partial charge on any atom is -0.494 e. The number of aromatic nitrogens is 2. The fourth-order valence-electron chi connectivity index (χ4n) is 5.22. The van der Waals surface area contributed by atoms with E-state index in [4.69, 9.17) is 16.3 Å². The summed E-state index contributed by atoms with van der Waals surface area (Å²) >= 11 is 5.95. The van der Waals surface area contributed by atoms with E-state index in [1.54, 1.807) is 19.1 Å². The zero-order valence-corrected chi connectivity index (χ0v) is 25.5. The van der Waals surface area contributed by atoms with E-state index < -0.39 is 11.9 Å². The van der Waals surface area contributed by atoms with Gasteiger partial charge in [0.2, 0.25) is 11.8 Å². The zero-order valence-electron chi connectivity index (χ0n) is 24.7. The molecule has 3 aromatic rings. The van der Waals surface area contributed by atoms with Crippen LogP contribution in [0, 0.1) is 5.82 Å². The number of nitrogens with one attached hydrogen (secondary N) is 3. The Labute approximate surface area is 255 Å². The van der Waals surface area contributed by atoms with Crippen molar-refractivity contribution in [3.8, 4) is 5.75 Å². The summed E-state index contributed by atoms with van der Waals surface area (Å²) in [5, 5.41) is 9.59. The van der Waals surface area contributed by atoms with E-state index >= 15 is 0 Å². The van der Waals surface area contributed by atoms with Gasteiger partial charge in [0.25, 0.3) is 0 Å². The van der Waals surface area contributed by atoms with Crippen LogP contribution in [0.3, 0.4) is 0 Å². The Morgan fingerprint density at radius 1 is 1.14 bits per heavy atom. The molecule has 0 spiro atoms. The van der Waals surface area contributed by atoms with Crippen molar-refractivity contribution >= 4 is 57.3 Å². The number of carbonyl (C=O) groups is 3. The Kier molecular flexibility index (Phi) is 11.2. The van der Waals surface area contributed by atoms with Crippen LogP contribution >= 0.6 is 11.6 Å². The molecule has 2 aromatic carbocycles. The quantitative estimate of drug-likeness (QED) is 0.212. The minimum absolute atomic E-state index is 0.0354. The van der Waals surface area contributed by atoms with E-state index in [0.717, 1.165) is 38.6 Å². The molecule has 0 aliphatic carbocycles. The molecular weight excluding hydrogens is 575 g/mol. The number of anilines is 3. The fraction of sp³-hybridized carbons (Fsp3) is 0.452. The van der Waals surface area contributed by atoms with Gasteiger partial charge in [-0.3, -0.25) is 14.5 Å². The van der Waals surface area contributed by atoms with Crippen molar-refractivity contribution in [1.29, 1.82) is 0 Å². The molecule has 10 nitrogen and oxygen atoms in total. The first-order chi connectivity index (χ1) is 20.7. The van der Waals surface area contributed by atoms with Gasteiger partial charge < -0.3 is 25.5 Å². The van der Waals surface area contributed by atoms with Crippen LogP contribution in [0.5, 0.6) is 5.75 Å². The summed E-state index contributed by atoms with van der Waals surface area (Å²) < 4.78 is 19.3. The number of piperidine rings is 1. The highest BCUT2D eigenvalue weighted by atomic mass is 35.5. The summed E-state index contributed by atoms with van der Waals surface area (Å²) in [5.74, 6) is -0.158. The van der Waals surface area contributed by atoms with Crippen LogP contribution in [0.1, 0.15) is 58.3 Å². The van der Waals surface area contributed by atoms with Crippen LogP contribution in [-0.2, 0) is 14.4 Å². The molecule has 12 heteroatoms. The number of unbranched alkanes of at least 4 members (excludes halogenated alkanes) is 2. The molecule has 230 valence electrons. The molecule has 2 atom stereocenters. The van der Waals surface area contributed by atoms with Crippen LogP contribution in [0.4, 0.5) is 21.6 Å². The molecule has 2 amide bonds. The maximum atomic E-state index is 13.7. The normalized spacial score (nSPS) is 16.0. The number of fused-ring (bicyclic) bond motifs is 1. The molecule has 4 rings (SSSR count). The van der Waals surface area contributed by atoms with Crippen LogP contribution < -0.4 is 20.7 Å². The number of hydrogen-bond acceptors (Lipinski definition) is 8. The van der Waals surface area contributed by atoms with Gasteiger partial charge in [0.15, 0.2) is 0 Å². The van der Waals surface area contributed by atoms with Crippen molar-refractivity contribution < 1.29 is 23.5 Å². The number of likely N-dealkylation sites (N-methyl/N-ethyl adjacent to an activating group) is 1. The summed E-state index contributed by atoms with van der Waals surface area (Å²) in [6.07, 6.45) is 7.20. The van der Waals surface area contributed by atoms with Crippen LogP contribution in [0.15, 0.2) is 36.7 Å². The van der Waals surface area contributed by atoms with Crippen molar-refractivity contribution in [2.75, 3.05) is 31.3 Å². The van der Waals surface area contributed by atoms with Crippen LogP contribution in [0.25, 0.3) is 10.9 Å². The summed E-state index contributed by atoms with van der Waals surface area (Å²) in [6.45, 7) is 2.39. The molecule has 1 unspecified atom stereocenters. The van der Waals surface area contributed by atoms with Crippen molar-refractivity contribution in [3.05, 3.63) is 47.5 Å². The highest BCUT2D eigenvalue weighted by Crippen LogP contribution is 2.34. The number of Topliss-reactive ketones (excluding diaryl/α,β-unsaturated/α-hetero) is 1. The Morgan fingerprint density at radius 2 is 1.95 bits per heavy atom. The van der Waals surface area contributed by atoms with E-state index in [9.17, 15) is 18.8 Å². The molecule has 1 aliphatic rings. The molecule has 0 radical (unpaired) electrons. The molecule has 0 saturated carbocycles. The van der Waals surface area contributed by atoms with Crippen molar-refractivity contribution in [2.24, 2.45) is 0 Å². The van der Waals surface area contributed by atoms with E-state index in [2.05, 4.69) is 25.9 Å². The van der Waals surface area contributed by atoms with Crippen LogP contribution in [-0.4, -0.2) is 65.3 Å². The molecule has 1 saturated heterocycles. The monoisotopic (exact) mass is 612 g/mol.